The molecule has 0 atom stereocenters. The van der Waals surface area contributed by atoms with E-state index in [1.165, 1.54) is 0 Å². The maximum atomic E-state index is 12.6. The highest BCUT2D eigenvalue weighted by molar-refractivity contribution is 6.06. The van der Waals surface area contributed by atoms with Crippen molar-refractivity contribution < 1.29 is 9.53 Å². The number of rotatable bonds is 5. The van der Waals surface area contributed by atoms with Crippen LogP contribution in [0.3, 0.4) is 0 Å². The van der Waals surface area contributed by atoms with Gasteiger partial charge in [0.2, 0.25) is 0 Å². The highest BCUT2D eigenvalue weighted by atomic mass is 16.5. The number of nitrogens with two attached hydrogens (primary N) is 1. The first-order chi connectivity index (χ1) is 10.2. The lowest BCUT2D eigenvalue weighted by Crippen LogP contribution is -2.30. The summed E-state index contributed by atoms with van der Waals surface area (Å²) in [6.07, 6.45) is 3.33. The lowest BCUT2D eigenvalue weighted by atomic mass is 10.1. The Morgan fingerprint density at radius 2 is 1.95 bits per heavy atom. The Morgan fingerprint density at radius 1 is 1.24 bits per heavy atom. The van der Waals surface area contributed by atoms with E-state index in [2.05, 4.69) is 4.98 Å². The van der Waals surface area contributed by atoms with Crippen LogP contribution in [-0.4, -0.2) is 24.0 Å². The first-order valence-electron chi connectivity index (χ1n) is 6.91. The number of nitrogen functional groups attached to an aromatic ring is 1. The van der Waals surface area contributed by atoms with Crippen molar-refractivity contribution in [1.82, 2.24) is 4.98 Å². The molecule has 0 saturated carbocycles. The maximum Gasteiger partial charge on any atom is 0.258 e. The number of aromatic nitrogens is 1. The second-order valence-corrected chi connectivity index (χ2v) is 4.44. The monoisotopic (exact) mass is 285 g/mol. The minimum absolute atomic E-state index is 0.0987. The number of carbonyl (C=O) groups is 1. The minimum atomic E-state index is -0.0987. The van der Waals surface area contributed by atoms with Crippen LogP contribution in [0.4, 0.5) is 11.4 Å². The van der Waals surface area contributed by atoms with E-state index < -0.39 is 0 Å². The molecule has 0 unspecified atom stereocenters. The first kappa shape index (κ1) is 14.8. The largest absolute Gasteiger partial charge is 0.492 e. The van der Waals surface area contributed by atoms with E-state index in [0.29, 0.717) is 30.2 Å². The van der Waals surface area contributed by atoms with E-state index >= 15 is 0 Å². The zero-order valence-electron chi connectivity index (χ0n) is 12.2. The van der Waals surface area contributed by atoms with Crippen LogP contribution < -0.4 is 15.4 Å². The van der Waals surface area contributed by atoms with Crippen LogP contribution in [0.1, 0.15) is 24.2 Å². The summed E-state index contributed by atoms with van der Waals surface area (Å²) in [4.78, 5) is 18.3. The Bertz CT molecular complexity index is 614. The van der Waals surface area contributed by atoms with Crippen molar-refractivity contribution >= 4 is 17.3 Å². The number of hydrogen-bond donors (Lipinski definition) is 1. The SMILES string of the molecule is CCOc1ccc(C(=O)N(CC)c2ccncc2)cc1N. The molecule has 1 aromatic carbocycles. The number of ether oxygens (including phenoxy) is 1. The molecule has 0 saturated heterocycles. The third kappa shape index (κ3) is 3.31. The molecule has 110 valence electrons. The molecular weight excluding hydrogens is 266 g/mol. The molecule has 5 heteroatoms. The molecule has 1 amide bonds. The van der Waals surface area contributed by atoms with Gasteiger partial charge >= 0.3 is 0 Å². The summed E-state index contributed by atoms with van der Waals surface area (Å²) < 4.78 is 5.38. The minimum Gasteiger partial charge on any atom is -0.492 e. The molecule has 2 N–H and O–H groups in total. The van der Waals surface area contributed by atoms with E-state index in [1.54, 1.807) is 47.6 Å². The van der Waals surface area contributed by atoms with Gasteiger partial charge in [0.05, 0.1) is 12.3 Å². The highest BCUT2D eigenvalue weighted by Crippen LogP contribution is 2.24. The van der Waals surface area contributed by atoms with Gasteiger partial charge < -0.3 is 15.4 Å². The summed E-state index contributed by atoms with van der Waals surface area (Å²) in [6.45, 7) is 4.92. The second-order valence-electron chi connectivity index (χ2n) is 4.44. The van der Waals surface area contributed by atoms with E-state index in [4.69, 9.17) is 10.5 Å². The Balaban J connectivity index is 2.28. The zero-order chi connectivity index (χ0) is 15.2. The van der Waals surface area contributed by atoms with E-state index in [1.807, 2.05) is 13.8 Å². The maximum absolute atomic E-state index is 12.6. The standard InChI is InChI=1S/C16H19N3O2/c1-3-19(13-7-9-18-10-8-13)16(20)12-5-6-15(21-4-2)14(17)11-12/h5-11H,3-4,17H2,1-2H3. The van der Waals surface area contributed by atoms with Gasteiger partial charge in [0.15, 0.2) is 0 Å². The fourth-order valence-electron chi connectivity index (χ4n) is 2.09. The molecule has 0 spiro atoms. The molecular formula is C16H19N3O2. The fourth-order valence-corrected chi connectivity index (χ4v) is 2.09. The number of nitrogens with zero attached hydrogens (tertiary/aromatic N) is 2. The normalized spacial score (nSPS) is 10.2. The Kier molecular flexibility index (Phi) is 4.77. The van der Waals surface area contributed by atoms with E-state index in [9.17, 15) is 4.79 Å². The van der Waals surface area contributed by atoms with Gasteiger partial charge in [-0.25, -0.2) is 0 Å². The van der Waals surface area contributed by atoms with E-state index in [-0.39, 0.29) is 5.91 Å². The van der Waals surface area contributed by atoms with Gasteiger partial charge in [0.25, 0.3) is 5.91 Å². The van der Waals surface area contributed by atoms with Gasteiger partial charge in [-0.1, -0.05) is 0 Å². The third-order valence-corrected chi connectivity index (χ3v) is 3.09. The number of amides is 1. The number of hydrogen-bond acceptors (Lipinski definition) is 4. The van der Waals surface area contributed by atoms with Crippen LogP contribution in [0.2, 0.25) is 0 Å². The molecule has 5 nitrogen and oxygen atoms in total. The van der Waals surface area contributed by atoms with Gasteiger partial charge in [-0.3, -0.25) is 9.78 Å². The topological polar surface area (TPSA) is 68.5 Å². The highest BCUT2D eigenvalue weighted by Gasteiger charge is 2.17. The molecule has 0 bridgehead atoms. The van der Waals surface area contributed by atoms with Gasteiger partial charge in [-0.15, -0.1) is 0 Å². The molecule has 0 fully saturated rings. The summed E-state index contributed by atoms with van der Waals surface area (Å²) in [6, 6.07) is 8.72. The van der Waals surface area contributed by atoms with Gasteiger partial charge in [-0.05, 0) is 44.2 Å². The predicted molar refractivity (Wildman–Crippen MR) is 83.6 cm³/mol. The van der Waals surface area contributed by atoms with Crippen molar-refractivity contribution in [2.75, 3.05) is 23.8 Å². The number of benzene rings is 1. The Hall–Kier alpha value is -2.56. The van der Waals surface area contributed by atoms with Crippen molar-refractivity contribution in [2.45, 2.75) is 13.8 Å². The lowest BCUT2D eigenvalue weighted by molar-refractivity contribution is 0.0988. The average molecular weight is 285 g/mol. The molecule has 0 aliphatic heterocycles. The summed E-state index contributed by atoms with van der Waals surface area (Å²) in [5.41, 5.74) is 7.73. The molecule has 21 heavy (non-hydrogen) atoms. The Labute approximate surface area is 124 Å². The number of carbonyl (C=O) groups excluding carboxylic acids is 1. The molecule has 2 rings (SSSR count). The number of anilines is 2. The quantitative estimate of drug-likeness (QED) is 0.858. The summed E-state index contributed by atoms with van der Waals surface area (Å²) in [5, 5.41) is 0. The average Bonchev–Trinajstić information content (AvgIpc) is 2.51. The fraction of sp³-hybridized carbons (Fsp3) is 0.250. The Morgan fingerprint density at radius 3 is 2.52 bits per heavy atom. The lowest BCUT2D eigenvalue weighted by Gasteiger charge is -2.21. The predicted octanol–water partition coefficient (Wildman–Crippen LogP) is 2.73. The van der Waals surface area contributed by atoms with Crippen LogP contribution in [0, 0.1) is 0 Å². The summed E-state index contributed by atoms with van der Waals surface area (Å²) in [5.74, 6) is 0.499. The zero-order valence-corrected chi connectivity index (χ0v) is 12.2. The van der Waals surface area contributed by atoms with Crippen molar-refractivity contribution in [3.05, 3.63) is 48.3 Å². The molecule has 1 aromatic heterocycles. The number of pyridine rings is 1. The van der Waals surface area contributed by atoms with Crippen molar-refractivity contribution in [3.63, 3.8) is 0 Å². The van der Waals surface area contributed by atoms with Gasteiger partial charge in [-0.2, -0.15) is 0 Å². The summed E-state index contributed by atoms with van der Waals surface area (Å²) >= 11 is 0. The molecule has 0 aliphatic rings. The van der Waals surface area contributed by atoms with Crippen molar-refractivity contribution in [3.8, 4) is 5.75 Å². The molecule has 1 heterocycles. The molecule has 0 aliphatic carbocycles. The van der Waals surface area contributed by atoms with Crippen LogP contribution in [0.15, 0.2) is 42.7 Å². The third-order valence-electron chi connectivity index (χ3n) is 3.09. The van der Waals surface area contributed by atoms with Crippen LogP contribution in [-0.2, 0) is 0 Å². The first-order valence-corrected chi connectivity index (χ1v) is 6.91. The van der Waals surface area contributed by atoms with Crippen molar-refractivity contribution in [1.29, 1.82) is 0 Å². The van der Waals surface area contributed by atoms with Crippen molar-refractivity contribution in [2.24, 2.45) is 0 Å². The van der Waals surface area contributed by atoms with E-state index in [0.717, 1.165) is 5.69 Å². The van der Waals surface area contributed by atoms with Crippen LogP contribution >= 0.6 is 0 Å². The second kappa shape index (κ2) is 6.74. The van der Waals surface area contributed by atoms with Crippen LogP contribution in [0.25, 0.3) is 0 Å². The van der Waals surface area contributed by atoms with Gasteiger partial charge in [0.1, 0.15) is 5.75 Å². The smallest absolute Gasteiger partial charge is 0.258 e. The molecule has 0 radical (unpaired) electrons. The summed E-state index contributed by atoms with van der Waals surface area (Å²) in [7, 11) is 0. The molecule has 2 aromatic rings. The van der Waals surface area contributed by atoms with Crippen LogP contribution in [0.5, 0.6) is 5.75 Å². The van der Waals surface area contributed by atoms with Gasteiger partial charge in [0, 0.05) is 30.2 Å².